The fourth-order valence-corrected chi connectivity index (χ4v) is 2.94. The zero-order valence-corrected chi connectivity index (χ0v) is 14.5. The summed E-state index contributed by atoms with van der Waals surface area (Å²) in [5.74, 6) is -0.445. The number of halogens is 2. The number of carbonyl (C=O) groups is 2. The molecule has 2 rings (SSSR count). The first-order chi connectivity index (χ1) is 11.9. The lowest BCUT2D eigenvalue weighted by molar-refractivity contribution is -0.138. The van der Waals surface area contributed by atoms with Crippen LogP contribution < -0.4 is 10.1 Å². The van der Waals surface area contributed by atoms with E-state index in [1.165, 1.54) is 6.07 Å². The second-order valence-electron chi connectivity index (χ2n) is 6.48. The fourth-order valence-electron chi connectivity index (χ4n) is 2.94. The highest BCUT2D eigenvalue weighted by molar-refractivity contribution is 5.82. The number of nitrogens with zero attached hydrogens (tertiary/aromatic N) is 1. The molecule has 1 heterocycles. The van der Waals surface area contributed by atoms with Crippen molar-refractivity contribution in [1.29, 1.82) is 0 Å². The minimum absolute atomic E-state index is 0.0492. The van der Waals surface area contributed by atoms with E-state index in [2.05, 4.69) is 10.1 Å². The number of piperidine rings is 1. The largest absolute Gasteiger partial charge is 0.434 e. The molecule has 1 aromatic carbocycles. The number of benzene rings is 1. The summed E-state index contributed by atoms with van der Waals surface area (Å²) < 4.78 is 29.3. The van der Waals surface area contributed by atoms with Crippen LogP contribution in [0.5, 0.6) is 5.75 Å². The summed E-state index contributed by atoms with van der Waals surface area (Å²) >= 11 is 0. The van der Waals surface area contributed by atoms with E-state index in [4.69, 9.17) is 0 Å². The van der Waals surface area contributed by atoms with Gasteiger partial charge >= 0.3 is 6.61 Å². The summed E-state index contributed by atoms with van der Waals surface area (Å²) in [7, 11) is 0. The predicted molar refractivity (Wildman–Crippen MR) is 89.1 cm³/mol. The van der Waals surface area contributed by atoms with Crippen LogP contribution in [-0.4, -0.2) is 36.4 Å². The molecule has 1 aromatic rings. The molecule has 1 aliphatic rings. The first kappa shape index (κ1) is 19.1. The van der Waals surface area contributed by atoms with Gasteiger partial charge in [-0.3, -0.25) is 9.59 Å². The summed E-state index contributed by atoms with van der Waals surface area (Å²) in [5.41, 5.74) is 0.488. The number of alkyl halides is 2. The number of nitrogens with one attached hydrogen (secondary N) is 1. The van der Waals surface area contributed by atoms with Crippen molar-refractivity contribution in [2.45, 2.75) is 39.8 Å². The number of para-hydroxylation sites is 1. The number of carbonyl (C=O) groups excluding carboxylic acids is 2. The van der Waals surface area contributed by atoms with E-state index in [1.807, 2.05) is 13.8 Å². The second kappa shape index (κ2) is 8.78. The van der Waals surface area contributed by atoms with Crippen LogP contribution in [0.25, 0.3) is 0 Å². The van der Waals surface area contributed by atoms with E-state index >= 15 is 0 Å². The van der Waals surface area contributed by atoms with Gasteiger partial charge in [0.1, 0.15) is 5.75 Å². The SMILES string of the molecule is CC(C)C(=O)N1CCC[C@@H](C(=O)NCc2ccccc2OC(F)F)C1. The zero-order chi connectivity index (χ0) is 18.4. The van der Waals surface area contributed by atoms with E-state index in [0.29, 0.717) is 25.1 Å². The minimum atomic E-state index is -2.91. The monoisotopic (exact) mass is 354 g/mol. The van der Waals surface area contributed by atoms with E-state index in [1.54, 1.807) is 23.1 Å². The first-order valence-electron chi connectivity index (χ1n) is 8.47. The van der Waals surface area contributed by atoms with Crippen molar-refractivity contribution in [3.05, 3.63) is 29.8 Å². The molecule has 0 spiro atoms. The van der Waals surface area contributed by atoms with E-state index in [-0.39, 0.29) is 35.9 Å². The van der Waals surface area contributed by atoms with E-state index in [9.17, 15) is 18.4 Å². The summed E-state index contributed by atoms with van der Waals surface area (Å²) in [5, 5.41) is 2.77. The Balaban J connectivity index is 1.93. The van der Waals surface area contributed by atoms with Gasteiger partial charge in [-0.2, -0.15) is 8.78 Å². The van der Waals surface area contributed by atoms with Crippen molar-refractivity contribution >= 4 is 11.8 Å². The quantitative estimate of drug-likeness (QED) is 0.855. The van der Waals surface area contributed by atoms with E-state index in [0.717, 1.165) is 6.42 Å². The molecule has 0 saturated carbocycles. The third kappa shape index (κ3) is 5.41. The summed E-state index contributed by atoms with van der Waals surface area (Å²) in [6.45, 7) is 1.95. The Morgan fingerprint density at radius 1 is 1.32 bits per heavy atom. The number of hydrogen-bond acceptors (Lipinski definition) is 3. The summed E-state index contributed by atoms with van der Waals surface area (Å²) in [6.07, 6.45) is 1.49. The number of ether oxygens (including phenoxy) is 1. The van der Waals surface area contributed by atoms with Crippen molar-refractivity contribution in [1.82, 2.24) is 10.2 Å². The van der Waals surface area contributed by atoms with Crippen molar-refractivity contribution < 1.29 is 23.1 Å². The maximum Gasteiger partial charge on any atom is 0.387 e. The molecule has 25 heavy (non-hydrogen) atoms. The molecule has 7 heteroatoms. The highest BCUT2D eigenvalue weighted by Crippen LogP contribution is 2.21. The van der Waals surface area contributed by atoms with Crippen molar-refractivity contribution in [2.75, 3.05) is 13.1 Å². The topological polar surface area (TPSA) is 58.6 Å². The molecule has 1 fully saturated rings. The minimum Gasteiger partial charge on any atom is -0.434 e. The lowest BCUT2D eigenvalue weighted by Gasteiger charge is -2.33. The Hall–Kier alpha value is -2.18. The van der Waals surface area contributed by atoms with Gasteiger partial charge in [-0.1, -0.05) is 32.0 Å². The Morgan fingerprint density at radius 2 is 2.04 bits per heavy atom. The number of hydrogen-bond donors (Lipinski definition) is 1. The van der Waals surface area contributed by atoms with Crippen LogP contribution in [0.1, 0.15) is 32.3 Å². The lowest BCUT2D eigenvalue weighted by atomic mass is 9.96. The zero-order valence-electron chi connectivity index (χ0n) is 14.5. The molecule has 0 aromatic heterocycles. The van der Waals surface area contributed by atoms with Crippen LogP contribution in [0, 0.1) is 11.8 Å². The summed E-state index contributed by atoms with van der Waals surface area (Å²) in [6, 6.07) is 6.37. The number of likely N-dealkylation sites (tertiary alicyclic amines) is 1. The van der Waals surface area contributed by atoms with Gasteiger partial charge in [0.2, 0.25) is 11.8 Å². The molecule has 0 bridgehead atoms. The Labute approximate surface area is 146 Å². The van der Waals surface area contributed by atoms with Crippen LogP contribution >= 0.6 is 0 Å². The third-order valence-corrected chi connectivity index (χ3v) is 4.24. The standard InChI is InChI=1S/C18H24F2N2O3/c1-12(2)17(24)22-9-5-7-14(11-22)16(23)21-10-13-6-3-4-8-15(13)25-18(19)20/h3-4,6,8,12,14,18H,5,7,9-11H2,1-2H3,(H,21,23)/t14-/m1/s1. The molecule has 0 radical (unpaired) electrons. The molecule has 1 atom stereocenters. The van der Waals surface area contributed by atoms with Gasteiger partial charge in [0.15, 0.2) is 0 Å². The molecule has 0 aliphatic carbocycles. The molecule has 5 nitrogen and oxygen atoms in total. The summed E-state index contributed by atoms with van der Waals surface area (Å²) in [4.78, 5) is 26.2. The second-order valence-corrected chi connectivity index (χ2v) is 6.48. The third-order valence-electron chi connectivity index (χ3n) is 4.24. The molecular formula is C18H24F2N2O3. The van der Waals surface area contributed by atoms with Gasteiger partial charge in [-0.25, -0.2) is 0 Å². The van der Waals surface area contributed by atoms with Crippen LogP contribution in [0.3, 0.4) is 0 Å². The molecule has 1 N–H and O–H groups in total. The molecule has 2 amide bonds. The van der Waals surface area contributed by atoms with Crippen LogP contribution in [0.4, 0.5) is 8.78 Å². The Kier molecular flexibility index (Phi) is 6.73. The molecular weight excluding hydrogens is 330 g/mol. The van der Waals surface area contributed by atoms with Crippen molar-refractivity contribution in [3.8, 4) is 5.75 Å². The van der Waals surface area contributed by atoms with Gasteiger partial charge < -0.3 is 15.0 Å². The average Bonchev–Trinajstić information content (AvgIpc) is 2.59. The highest BCUT2D eigenvalue weighted by atomic mass is 19.3. The number of amides is 2. The molecule has 0 unspecified atom stereocenters. The maximum absolute atomic E-state index is 12.4. The van der Waals surface area contributed by atoms with Gasteiger partial charge in [0.05, 0.1) is 5.92 Å². The highest BCUT2D eigenvalue weighted by Gasteiger charge is 2.29. The molecule has 1 saturated heterocycles. The first-order valence-corrected chi connectivity index (χ1v) is 8.47. The molecule has 1 aliphatic heterocycles. The maximum atomic E-state index is 12.4. The Morgan fingerprint density at radius 3 is 2.72 bits per heavy atom. The molecule has 138 valence electrons. The van der Waals surface area contributed by atoms with E-state index < -0.39 is 6.61 Å². The smallest absolute Gasteiger partial charge is 0.387 e. The Bertz CT molecular complexity index is 608. The fraction of sp³-hybridized carbons (Fsp3) is 0.556. The van der Waals surface area contributed by atoms with Crippen molar-refractivity contribution in [2.24, 2.45) is 11.8 Å². The van der Waals surface area contributed by atoms with Crippen LogP contribution in [0.2, 0.25) is 0 Å². The van der Waals surface area contributed by atoms with Gasteiger partial charge in [-0.15, -0.1) is 0 Å². The van der Waals surface area contributed by atoms with Gasteiger partial charge in [0.25, 0.3) is 0 Å². The average molecular weight is 354 g/mol. The number of rotatable bonds is 6. The predicted octanol–water partition coefficient (Wildman–Crippen LogP) is 2.80. The van der Waals surface area contributed by atoms with Gasteiger partial charge in [0, 0.05) is 31.1 Å². The lowest BCUT2D eigenvalue weighted by Crippen LogP contribution is -2.46. The van der Waals surface area contributed by atoms with Crippen LogP contribution in [-0.2, 0) is 16.1 Å². The van der Waals surface area contributed by atoms with Crippen LogP contribution in [0.15, 0.2) is 24.3 Å². The van der Waals surface area contributed by atoms with Crippen molar-refractivity contribution in [3.63, 3.8) is 0 Å². The normalized spacial score (nSPS) is 17.7. The van der Waals surface area contributed by atoms with Gasteiger partial charge in [-0.05, 0) is 18.9 Å².